The zero-order valence-electron chi connectivity index (χ0n) is 12.9. The van der Waals surface area contributed by atoms with Crippen LogP contribution in [0.2, 0.25) is 0 Å². The third-order valence-corrected chi connectivity index (χ3v) is 3.98. The van der Waals surface area contributed by atoms with Gasteiger partial charge in [0.2, 0.25) is 0 Å². The lowest BCUT2D eigenvalue weighted by molar-refractivity contribution is 0.635. The lowest BCUT2D eigenvalue weighted by atomic mass is 10.0. The maximum atomic E-state index is 9.18. The average molecular weight is 282 g/mol. The Bertz CT molecular complexity index is 664. The molecule has 0 saturated heterocycles. The lowest BCUT2D eigenvalue weighted by Gasteiger charge is -2.10. The molecule has 0 spiro atoms. The quantitative estimate of drug-likeness (QED) is 0.916. The molecule has 0 saturated carbocycles. The second kappa shape index (κ2) is 6.55. The van der Waals surface area contributed by atoms with Crippen molar-refractivity contribution >= 4 is 0 Å². The second-order valence-corrected chi connectivity index (χ2v) is 5.45. The summed E-state index contributed by atoms with van der Waals surface area (Å²) in [4.78, 5) is 0. The van der Waals surface area contributed by atoms with E-state index in [1.54, 1.807) is 0 Å². The number of nitriles is 1. The molecule has 0 aliphatic carbocycles. The van der Waals surface area contributed by atoms with Crippen LogP contribution in [0.4, 0.5) is 0 Å². The zero-order valence-corrected chi connectivity index (χ0v) is 12.9. The molecule has 1 atom stereocenters. The molecule has 2 aromatic rings. The van der Waals surface area contributed by atoms with Crippen molar-refractivity contribution < 1.29 is 0 Å². The van der Waals surface area contributed by atoms with Gasteiger partial charge in [-0.1, -0.05) is 25.1 Å². The van der Waals surface area contributed by atoms with Crippen molar-refractivity contribution in [3.8, 4) is 6.07 Å². The Balaban J connectivity index is 2.30. The highest BCUT2D eigenvalue weighted by Crippen LogP contribution is 2.18. The number of nitrogens with two attached hydrogens (primary N) is 1. The van der Waals surface area contributed by atoms with Gasteiger partial charge in [0.25, 0.3) is 0 Å². The van der Waals surface area contributed by atoms with Gasteiger partial charge >= 0.3 is 0 Å². The predicted molar refractivity (Wildman–Crippen MR) is 83.9 cm³/mol. The van der Waals surface area contributed by atoms with Gasteiger partial charge in [-0.15, -0.1) is 0 Å². The Kier molecular flexibility index (Phi) is 4.77. The van der Waals surface area contributed by atoms with E-state index in [9.17, 15) is 5.26 Å². The molecule has 0 bridgehead atoms. The summed E-state index contributed by atoms with van der Waals surface area (Å²) < 4.78 is 1.98. The fraction of sp³-hybridized carbons (Fsp3) is 0.412. The van der Waals surface area contributed by atoms with Gasteiger partial charge in [-0.05, 0) is 43.9 Å². The number of benzene rings is 1. The monoisotopic (exact) mass is 282 g/mol. The Labute approximate surface area is 126 Å². The van der Waals surface area contributed by atoms with E-state index in [4.69, 9.17) is 5.73 Å². The van der Waals surface area contributed by atoms with Crippen molar-refractivity contribution in [2.45, 2.75) is 46.2 Å². The van der Waals surface area contributed by atoms with Crippen LogP contribution in [0.15, 0.2) is 24.3 Å². The molecule has 0 fully saturated rings. The molecule has 1 unspecified atom stereocenters. The van der Waals surface area contributed by atoms with Crippen LogP contribution < -0.4 is 5.73 Å². The van der Waals surface area contributed by atoms with Gasteiger partial charge < -0.3 is 5.73 Å². The summed E-state index contributed by atoms with van der Waals surface area (Å²) in [6.45, 7) is 6.82. The van der Waals surface area contributed by atoms with Gasteiger partial charge in [0.1, 0.15) is 0 Å². The highest BCUT2D eigenvalue weighted by atomic mass is 15.3. The Morgan fingerprint density at radius 3 is 2.71 bits per heavy atom. The first-order valence-electron chi connectivity index (χ1n) is 7.33. The van der Waals surface area contributed by atoms with E-state index in [-0.39, 0.29) is 6.04 Å². The summed E-state index contributed by atoms with van der Waals surface area (Å²) in [7, 11) is 0. The lowest BCUT2D eigenvalue weighted by Crippen LogP contribution is -2.22. The molecule has 0 aliphatic rings. The van der Waals surface area contributed by atoms with Crippen LogP contribution >= 0.6 is 0 Å². The first kappa shape index (κ1) is 15.3. The molecule has 1 heterocycles. The molecular formula is C17H22N4. The van der Waals surface area contributed by atoms with Crippen LogP contribution in [-0.2, 0) is 13.0 Å². The molecule has 21 heavy (non-hydrogen) atoms. The van der Waals surface area contributed by atoms with E-state index >= 15 is 0 Å². The standard InChI is InChI=1S/C17H22N4/c1-4-16(19)9-17-12(2)20-21(13(17)3)11-15-8-6-5-7-14(15)10-18/h5-8,16H,4,9,11,19H2,1-3H3. The molecule has 4 nitrogen and oxygen atoms in total. The van der Waals surface area contributed by atoms with Gasteiger partial charge in [0.05, 0.1) is 23.9 Å². The minimum Gasteiger partial charge on any atom is -0.327 e. The molecule has 110 valence electrons. The summed E-state index contributed by atoms with van der Waals surface area (Å²) in [5.41, 5.74) is 11.2. The smallest absolute Gasteiger partial charge is 0.0995 e. The highest BCUT2D eigenvalue weighted by Gasteiger charge is 2.14. The normalized spacial score (nSPS) is 12.1. The summed E-state index contributed by atoms with van der Waals surface area (Å²) in [5, 5.41) is 13.8. The summed E-state index contributed by atoms with van der Waals surface area (Å²) in [5.74, 6) is 0. The summed E-state index contributed by atoms with van der Waals surface area (Å²) >= 11 is 0. The third-order valence-electron chi connectivity index (χ3n) is 3.98. The van der Waals surface area contributed by atoms with E-state index < -0.39 is 0 Å². The first-order chi connectivity index (χ1) is 10.1. The van der Waals surface area contributed by atoms with Crippen LogP contribution in [-0.4, -0.2) is 15.8 Å². The fourth-order valence-electron chi connectivity index (χ4n) is 2.52. The van der Waals surface area contributed by atoms with E-state index in [1.807, 2.05) is 35.9 Å². The minimum absolute atomic E-state index is 0.173. The van der Waals surface area contributed by atoms with Crippen LogP contribution in [0.3, 0.4) is 0 Å². The molecule has 0 amide bonds. The van der Waals surface area contributed by atoms with E-state index in [1.165, 1.54) is 5.56 Å². The Morgan fingerprint density at radius 1 is 1.33 bits per heavy atom. The van der Waals surface area contributed by atoms with Crippen LogP contribution in [0, 0.1) is 25.2 Å². The van der Waals surface area contributed by atoms with Crippen molar-refractivity contribution in [1.29, 1.82) is 5.26 Å². The van der Waals surface area contributed by atoms with Gasteiger partial charge in [0.15, 0.2) is 0 Å². The second-order valence-electron chi connectivity index (χ2n) is 5.45. The zero-order chi connectivity index (χ0) is 15.4. The van der Waals surface area contributed by atoms with E-state index in [2.05, 4.69) is 25.0 Å². The minimum atomic E-state index is 0.173. The molecular weight excluding hydrogens is 260 g/mol. The van der Waals surface area contributed by atoms with E-state index in [0.29, 0.717) is 12.1 Å². The van der Waals surface area contributed by atoms with Crippen molar-refractivity contribution in [1.82, 2.24) is 9.78 Å². The molecule has 2 N–H and O–H groups in total. The topological polar surface area (TPSA) is 67.6 Å². The number of rotatable bonds is 5. The largest absolute Gasteiger partial charge is 0.327 e. The number of nitrogens with zero attached hydrogens (tertiary/aromatic N) is 3. The number of hydrogen-bond acceptors (Lipinski definition) is 3. The van der Waals surface area contributed by atoms with Crippen molar-refractivity contribution in [2.24, 2.45) is 5.73 Å². The third kappa shape index (κ3) is 3.32. The SMILES string of the molecule is CCC(N)Cc1c(C)nn(Cc2ccccc2C#N)c1C. The number of hydrogen-bond donors (Lipinski definition) is 1. The average Bonchev–Trinajstić information content (AvgIpc) is 2.75. The van der Waals surface area contributed by atoms with E-state index in [0.717, 1.165) is 29.8 Å². The Morgan fingerprint density at radius 2 is 2.05 bits per heavy atom. The summed E-state index contributed by atoms with van der Waals surface area (Å²) in [6, 6.07) is 10.1. The molecule has 2 rings (SSSR count). The first-order valence-corrected chi connectivity index (χ1v) is 7.33. The molecule has 1 aromatic carbocycles. The maximum Gasteiger partial charge on any atom is 0.0995 e. The number of aryl methyl sites for hydroxylation is 1. The molecule has 4 heteroatoms. The highest BCUT2D eigenvalue weighted by molar-refractivity contribution is 5.38. The van der Waals surface area contributed by atoms with Crippen molar-refractivity contribution in [2.75, 3.05) is 0 Å². The molecule has 0 aliphatic heterocycles. The predicted octanol–water partition coefficient (Wildman–Crippen LogP) is 2.70. The van der Waals surface area contributed by atoms with Crippen molar-refractivity contribution in [3.05, 3.63) is 52.3 Å². The summed E-state index contributed by atoms with van der Waals surface area (Å²) in [6.07, 6.45) is 1.81. The Hall–Kier alpha value is -2.12. The van der Waals surface area contributed by atoms with Crippen LogP contribution in [0.5, 0.6) is 0 Å². The van der Waals surface area contributed by atoms with Crippen molar-refractivity contribution in [3.63, 3.8) is 0 Å². The van der Waals surface area contributed by atoms with Gasteiger partial charge in [0, 0.05) is 11.7 Å². The number of aromatic nitrogens is 2. The van der Waals surface area contributed by atoms with Gasteiger partial charge in [-0.2, -0.15) is 10.4 Å². The van der Waals surface area contributed by atoms with Crippen LogP contribution in [0.1, 0.15) is 41.4 Å². The molecule has 1 aromatic heterocycles. The van der Waals surface area contributed by atoms with Crippen LogP contribution in [0.25, 0.3) is 0 Å². The fourth-order valence-corrected chi connectivity index (χ4v) is 2.52. The molecule has 0 radical (unpaired) electrons. The van der Waals surface area contributed by atoms with Gasteiger partial charge in [-0.3, -0.25) is 4.68 Å². The maximum absolute atomic E-state index is 9.18. The van der Waals surface area contributed by atoms with Gasteiger partial charge in [-0.25, -0.2) is 0 Å².